The Morgan fingerprint density at radius 3 is 2.50 bits per heavy atom. The summed E-state index contributed by atoms with van der Waals surface area (Å²) in [5.74, 6) is -0.00844. The van der Waals surface area contributed by atoms with Crippen LogP contribution in [0.25, 0.3) is 11.3 Å². The second-order valence-electron chi connectivity index (χ2n) is 3.86. The molecule has 2 aromatic rings. The Kier molecular flexibility index (Phi) is 3.58. The van der Waals surface area contributed by atoms with Gasteiger partial charge in [0.2, 0.25) is 11.9 Å². The number of benzene rings is 1. The highest BCUT2D eigenvalue weighted by Crippen LogP contribution is 2.26. The van der Waals surface area contributed by atoms with E-state index in [1.807, 2.05) is 37.3 Å². The lowest BCUT2D eigenvalue weighted by molar-refractivity contribution is -0.114. The molecule has 1 aromatic heterocycles. The van der Waals surface area contributed by atoms with Crippen LogP contribution in [-0.2, 0) is 4.79 Å². The third-order valence-corrected chi connectivity index (χ3v) is 2.79. The summed E-state index contributed by atoms with van der Waals surface area (Å²) in [5.41, 5.74) is 2.45. The van der Waals surface area contributed by atoms with E-state index < -0.39 is 0 Å². The van der Waals surface area contributed by atoms with Gasteiger partial charge in [0.25, 0.3) is 0 Å². The Labute approximate surface area is 110 Å². The Balaban J connectivity index is 2.53. The standard InChI is InChI=1S/C13H12ClN3O/c1-8-11(10-6-4-3-5-7-10)16-13(15-9(2)18)17-12(8)14/h3-7H,1-2H3,(H,15,16,17,18). The van der Waals surface area contributed by atoms with Gasteiger partial charge in [0, 0.05) is 18.1 Å². The molecule has 0 fully saturated rings. The maximum Gasteiger partial charge on any atom is 0.231 e. The summed E-state index contributed by atoms with van der Waals surface area (Å²) in [7, 11) is 0. The largest absolute Gasteiger partial charge is 0.295 e. The summed E-state index contributed by atoms with van der Waals surface area (Å²) in [5, 5.41) is 2.88. The van der Waals surface area contributed by atoms with E-state index in [1.165, 1.54) is 6.92 Å². The molecule has 18 heavy (non-hydrogen) atoms. The van der Waals surface area contributed by atoms with E-state index in [2.05, 4.69) is 15.3 Å². The zero-order valence-corrected chi connectivity index (χ0v) is 10.8. The number of nitrogens with zero attached hydrogens (tertiary/aromatic N) is 2. The van der Waals surface area contributed by atoms with Crippen LogP contribution in [0.3, 0.4) is 0 Å². The molecule has 1 N–H and O–H groups in total. The molecule has 4 nitrogen and oxygen atoms in total. The van der Waals surface area contributed by atoms with Gasteiger partial charge in [0.1, 0.15) is 5.15 Å². The quantitative estimate of drug-likeness (QED) is 0.846. The molecule has 0 aliphatic heterocycles. The summed E-state index contributed by atoms with van der Waals surface area (Å²) in [6.45, 7) is 3.25. The van der Waals surface area contributed by atoms with Crippen LogP contribution >= 0.6 is 11.6 Å². The van der Waals surface area contributed by atoms with Crippen LogP contribution in [0.2, 0.25) is 5.15 Å². The fraction of sp³-hybridized carbons (Fsp3) is 0.154. The van der Waals surface area contributed by atoms with Crippen LogP contribution in [-0.4, -0.2) is 15.9 Å². The molecule has 0 bridgehead atoms. The van der Waals surface area contributed by atoms with Gasteiger partial charge in [-0.25, -0.2) is 9.97 Å². The van der Waals surface area contributed by atoms with Crippen molar-refractivity contribution in [2.75, 3.05) is 5.32 Å². The zero-order chi connectivity index (χ0) is 13.1. The summed E-state index contributed by atoms with van der Waals surface area (Å²) < 4.78 is 0. The van der Waals surface area contributed by atoms with Crippen LogP contribution in [0.4, 0.5) is 5.95 Å². The van der Waals surface area contributed by atoms with Crippen molar-refractivity contribution in [1.29, 1.82) is 0 Å². The van der Waals surface area contributed by atoms with Gasteiger partial charge in [-0.15, -0.1) is 0 Å². The van der Waals surface area contributed by atoms with Crippen LogP contribution < -0.4 is 5.32 Å². The fourth-order valence-corrected chi connectivity index (χ4v) is 1.75. The Bertz CT molecular complexity index is 584. The molecular weight excluding hydrogens is 250 g/mol. The average Bonchev–Trinajstić information content (AvgIpc) is 2.34. The molecule has 5 heteroatoms. The molecule has 0 saturated carbocycles. The number of hydrogen-bond acceptors (Lipinski definition) is 3. The maximum atomic E-state index is 11.0. The number of carbonyl (C=O) groups is 1. The highest BCUT2D eigenvalue weighted by atomic mass is 35.5. The summed E-state index contributed by atoms with van der Waals surface area (Å²) in [6, 6.07) is 9.63. The number of aromatic nitrogens is 2. The SMILES string of the molecule is CC(=O)Nc1nc(Cl)c(C)c(-c2ccccc2)n1. The van der Waals surface area contributed by atoms with Crippen molar-refractivity contribution >= 4 is 23.5 Å². The van der Waals surface area contributed by atoms with E-state index in [9.17, 15) is 4.79 Å². The second kappa shape index (κ2) is 5.14. The molecule has 0 radical (unpaired) electrons. The third kappa shape index (κ3) is 2.65. The van der Waals surface area contributed by atoms with Gasteiger partial charge in [-0.05, 0) is 6.92 Å². The number of hydrogen-bond donors (Lipinski definition) is 1. The summed E-state index contributed by atoms with van der Waals surface area (Å²) in [6.07, 6.45) is 0. The second-order valence-corrected chi connectivity index (χ2v) is 4.22. The Hall–Kier alpha value is -1.94. The van der Waals surface area contributed by atoms with E-state index in [1.54, 1.807) is 0 Å². The normalized spacial score (nSPS) is 10.2. The van der Waals surface area contributed by atoms with Gasteiger partial charge in [-0.3, -0.25) is 10.1 Å². The molecule has 0 saturated heterocycles. The van der Waals surface area contributed by atoms with Crippen molar-refractivity contribution in [3.63, 3.8) is 0 Å². The van der Waals surface area contributed by atoms with Crippen molar-refractivity contribution in [3.05, 3.63) is 41.0 Å². The first kappa shape index (κ1) is 12.5. The number of anilines is 1. The van der Waals surface area contributed by atoms with Gasteiger partial charge in [0.05, 0.1) is 5.69 Å². The summed E-state index contributed by atoms with van der Waals surface area (Å²) >= 11 is 6.05. The Morgan fingerprint density at radius 1 is 1.22 bits per heavy atom. The topological polar surface area (TPSA) is 54.9 Å². The molecule has 2 rings (SSSR count). The minimum absolute atomic E-state index is 0.219. The van der Waals surface area contributed by atoms with Crippen molar-refractivity contribution in [3.8, 4) is 11.3 Å². The molecule has 0 unspecified atom stereocenters. The van der Waals surface area contributed by atoms with E-state index in [-0.39, 0.29) is 11.9 Å². The van der Waals surface area contributed by atoms with Gasteiger partial charge >= 0.3 is 0 Å². The number of amides is 1. The first-order valence-electron chi connectivity index (χ1n) is 5.45. The predicted octanol–water partition coefficient (Wildman–Crippen LogP) is 3.06. The molecule has 1 heterocycles. The van der Waals surface area contributed by atoms with Gasteiger partial charge < -0.3 is 0 Å². The summed E-state index contributed by atoms with van der Waals surface area (Å²) in [4.78, 5) is 19.4. The van der Waals surface area contributed by atoms with Crippen LogP contribution in [0.5, 0.6) is 0 Å². The molecule has 1 amide bonds. The van der Waals surface area contributed by atoms with E-state index in [4.69, 9.17) is 11.6 Å². The van der Waals surface area contributed by atoms with Crippen LogP contribution in [0.1, 0.15) is 12.5 Å². The first-order valence-corrected chi connectivity index (χ1v) is 5.83. The van der Waals surface area contributed by atoms with Gasteiger partial charge in [0.15, 0.2) is 0 Å². The van der Waals surface area contributed by atoms with Crippen LogP contribution in [0.15, 0.2) is 30.3 Å². The van der Waals surface area contributed by atoms with Crippen LogP contribution in [0, 0.1) is 6.92 Å². The molecule has 0 aliphatic rings. The minimum Gasteiger partial charge on any atom is -0.295 e. The molecule has 0 spiro atoms. The number of carbonyl (C=O) groups excluding carboxylic acids is 1. The minimum atomic E-state index is -0.228. The highest BCUT2D eigenvalue weighted by Gasteiger charge is 2.11. The third-order valence-electron chi connectivity index (χ3n) is 2.42. The zero-order valence-electron chi connectivity index (χ0n) is 10.1. The van der Waals surface area contributed by atoms with Gasteiger partial charge in [-0.1, -0.05) is 41.9 Å². The number of halogens is 1. The maximum absolute atomic E-state index is 11.0. The van der Waals surface area contributed by atoms with E-state index in [0.29, 0.717) is 5.15 Å². The molecule has 0 atom stereocenters. The predicted molar refractivity (Wildman–Crippen MR) is 71.5 cm³/mol. The van der Waals surface area contributed by atoms with E-state index >= 15 is 0 Å². The van der Waals surface area contributed by atoms with Crippen molar-refractivity contribution in [1.82, 2.24) is 9.97 Å². The van der Waals surface area contributed by atoms with E-state index in [0.717, 1.165) is 16.8 Å². The van der Waals surface area contributed by atoms with Crippen molar-refractivity contribution in [2.24, 2.45) is 0 Å². The van der Waals surface area contributed by atoms with Gasteiger partial charge in [-0.2, -0.15) is 0 Å². The fourth-order valence-electron chi connectivity index (χ4n) is 1.58. The first-order chi connectivity index (χ1) is 8.58. The highest BCUT2D eigenvalue weighted by molar-refractivity contribution is 6.30. The average molecular weight is 262 g/mol. The lowest BCUT2D eigenvalue weighted by atomic mass is 10.1. The lowest BCUT2D eigenvalue weighted by Gasteiger charge is -2.09. The van der Waals surface area contributed by atoms with Crippen molar-refractivity contribution in [2.45, 2.75) is 13.8 Å². The number of nitrogens with one attached hydrogen (secondary N) is 1. The smallest absolute Gasteiger partial charge is 0.231 e. The molecule has 92 valence electrons. The monoisotopic (exact) mass is 261 g/mol. The lowest BCUT2D eigenvalue weighted by Crippen LogP contribution is -2.10. The Morgan fingerprint density at radius 2 is 1.89 bits per heavy atom. The van der Waals surface area contributed by atoms with Crippen molar-refractivity contribution < 1.29 is 4.79 Å². The molecular formula is C13H12ClN3O. The molecule has 1 aromatic carbocycles. The number of rotatable bonds is 2. The molecule has 0 aliphatic carbocycles.